The Morgan fingerprint density at radius 2 is 1.72 bits per heavy atom. The fourth-order valence-corrected chi connectivity index (χ4v) is 2.92. The quantitative estimate of drug-likeness (QED) is 0.641. The zero-order valence-corrected chi connectivity index (χ0v) is 15.2. The first kappa shape index (κ1) is 17.3. The van der Waals surface area contributed by atoms with E-state index in [1.807, 2.05) is 24.3 Å². The Morgan fingerprint density at radius 1 is 1.08 bits per heavy atom. The van der Waals surface area contributed by atoms with Crippen molar-refractivity contribution in [3.05, 3.63) is 71.2 Å². The molecule has 0 bridgehead atoms. The molecule has 0 unspecified atom stereocenters. The minimum absolute atomic E-state index is 0.0658. The number of rotatable bonds is 2. The molecule has 1 aliphatic heterocycles. The highest BCUT2D eigenvalue weighted by Gasteiger charge is 2.33. The number of para-hydroxylation sites is 1. The number of hydrogen-bond donors (Lipinski definition) is 1. The molecule has 1 heterocycles. The number of amides is 1. The predicted octanol–water partition coefficient (Wildman–Crippen LogP) is 4.39. The van der Waals surface area contributed by atoms with Crippen molar-refractivity contribution in [3.63, 3.8) is 0 Å². The number of halogens is 1. The summed E-state index contributed by atoms with van der Waals surface area (Å²) >= 11 is 5.21. The number of nitrogens with one attached hydrogen (secondary N) is 1. The largest absolute Gasteiger partial charge is 0.327 e. The van der Waals surface area contributed by atoms with Gasteiger partial charge in [-0.05, 0) is 47.0 Å². The first-order valence-electron chi connectivity index (χ1n) is 7.99. The zero-order valence-electron chi connectivity index (χ0n) is 14.3. The number of hydrogen-bond acceptors (Lipinski definition) is 2. The van der Waals surface area contributed by atoms with Crippen molar-refractivity contribution in [1.29, 1.82) is 0 Å². The molecule has 1 aliphatic rings. The number of anilines is 1. The molecule has 0 atom stereocenters. The van der Waals surface area contributed by atoms with Crippen LogP contribution in [0.5, 0.6) is 0 Å². The highest BCUT2D eigenvalue weighted by molar-refractivity contribution is 7.80. The lowest BCUT2D eigenvalue weighted by Crippen LogP contribution is -2.31. The standard InChI is InChI=1S/C20H19FN2OS/c1-20(2,3)14-10-8-13(9-11-14)12-16-18(24)23(19(25)22-16)17-7-5-4-6-15(17)21/h4-12H,1-3H3,(H,22,25)/b16-12-. The molecule has 3 rings (SSSR count). The molecule has 25 heavy (non-hydrogen) atoms. The van der Waals surface area contributed by atoms with Crippen molar-refractivity contribution in [2.75, 3.05) is 4.90 Å². The van der Waals surface area contributed by atoms with Crippen LogP contribution in [0.2, 0.25) is 0 Å². The van der Waals surface area contributed by atoms with E-state index < -0.39 is 5.82 Å². The molecule has 0 radical (unpaired) electrons. The fraction of sp³-hybridized carbons (Fsp3) is 0.200. The minimum atomic E-state index is -0.490. The second-order valence-corrected chi connectivity index (χ2v) is 7.34. The molecule has 0 aromatic heterocycles. The van der Waals surface area contributed by atoms with Crippen LogP contribution in [-0.4, -0.2) is 11.0 Å². The van der Waals surface area contributed by atoms with E-state index in [0.717, 1.165) is 5.56 Å². The van der Waals surface area contributed by atoms with Crippen molar-refractivity contribution in [3.8, 4) is 0 Å². The molecule has 0 aliphatic carbocycles. The maximum Gasteiger partial charge on any atom is 0.281 e. The van der Waals surface area contributed by atoms with Gasteiger partial charge in [-0.2, -0.15) is 0 Å². The highest BCUT2D eigenvalue weighted by Crippen LogP contribution is 2.26. The van der Waals surface area contributed by atoms with Crippen molar-refractivity contribution < 1.29 is 9.18 Å². The first-order chi connectivity index (χ1) is 11.8. The lowest BCUT2D eigenvalue weighted by atomic mass is 9.87. The van der Waals surface area contributed by atoms with Gasteiger partial charge in [-0.25, -0.2) is 9.29 Å². The third-order valence-electron chi connectivity index (χ3n) is 4.06. The topological polar surface area (TPSA) is 32.3 Å². The van der Waals surface area contributed by atoms with Crippen LogP contribution in [0.3, 0.4) is 0 Å². The molecule has 3 nitrogen and oxygen atoms in total. The summed E-state index contributed by atoms with van der Waals surface area (Å²) in [4.78, 5) is 13.8. The Morgan fingerprint density at radius 3 is 2.32 bits per heavy atom. The van der Waals surface area contributed by atoms with Gasteiger partial charge in [0.25, 0.3) is 5.91 Å². The summed E-state index contributed by atoms with van der Waals surface area (Å²) in [6.45, 7) is 6.44. The maximum absolute atomic E-state index is 14.0. The van der Waals surface area contributed by atoms with Crippen LogP contribution in [0.25, 0.3) is 6.08 Å². The van der Waals surface area contributed by atoms with Gasteiger partial charge in [-0.15, -0.1) is 0 Å². The molecule has 0 spiro atoms. The second kappa shape index (κ2) is 6.41. The number of thiocarbonyl (C=S) groups is 1. The maximum atomic E-state index is 14.0. The molecule has 0 saturated carbocycles. The van der Waals surface area contributed by atoms with Crippen molar-refractivity contribution in [2.24, 2.45) is 0 Å². The SMILES string of the molecule is CC(C)(C)c1ccc(/C=C2\NC(=S)N(c3ccccc3F)C2=O)cc1. The molecular weight excluding hydrogens is 335 g/mol. The van der Waals surface area contributed by atoms with Crippen molar-refractivity contribution >= 4 is 35.0 Å². The van der Waals surface area contributed by atoms with Crippen LogP contribution in [0.15, 0.2) is 54.2 Å². The van der Waals surface area contributed by atoms with Crippen LogP contribution in [0.4, 0.5) is 10.1 Å². The van der Waals surface area contributed by atoms with Gasteiger partial charge in [0, 0.05) is 0 Å². The molecule has 1 amide bonds. The third kappa shape index (κ3) is 3.46. The summed E-state index contributed by atoms with van der Waals surface area (Å²) in [5, 5.41) is 3.05. The predicted molar refractivity (Wildman–Crippen MR) is 103 cm³/mol. The van der Waals surface area contributed by atoms with Gasteiger partial charge in [-0.1, -0.05) is 57.2 Å². The van der Waals surface area contributed by atoms with Crippen LogP contribution in [0.1, 0.15) is 31.9 Å². The average molecular weight is 354 g/mol. The van der Waals surface area contributed by atoms with Gasteiger partial charge in [0.15, 0.2) is 5.11 Å². The van der Waals surface area contributed by atoms with Gasteiger partial charge >= 0.3 is 0 Å². The van der Waals surface area contributed by atoms with Gasteiger partial charge in [0.05, 0.1) is 5.69 Å². The Balaban J connectivity index is 1.89. The van der Waals surface area contributed by atoms with Crippen LogP contribution in [-0.2, 0) is 10.2 Å². The summed E-state index contributed by atoms with van der Waals surface area (Å²) < 4.78 is 14.0. The smallest absolute Gasteiger partial charge is 0.281 e. The van der Waals surface area contributed by atoms with E-state index in [0.29, 0.717) is 5.70 Å². The van der Waals surface area contributed by atoms with Crippen molar-refractivity contribution in [1.82, 2.24) is 5.32 Å². The summed E-state index contributed by atoms with van der Waals surface area (Å²) in [6, 6.07) is 14.1. The van der Waals surface area contributed by atoms with Gasteiger partial charge in [0.1, 0.15) is 11.5 Å². The lowest BCUT2D eigenvalue weighted by molar-refractivity contribution is -0.113. The molecule has 1 N–H and O–H groups in total. The summed E-state index contributed by atoms with van der Waals surface area (Å²) in [7, 11) is 0. The molecule has 2 aromatic rings. The Hall–Kier alpha value is -2.53. The zero-order chi connectivity index (χ0) is 18.2. The molecule has 1 fully saturated rings. The normalized spacial score (nSPS) is 16.5. The molecular formula is C20H19FN2OS. The number of nitrogens with zero attached hydrogens (tertiary/aromatic N) is 1. The average Bonchev–Trinajstić information content (AvgIpc) is 2.82. The van der Waals surface area contributed by atoms with E-state index in [2.05, 4.69) is 26.1 Å². The Kier molecular flexibility index (Phi) is 4.43. The highest BCUT2D eigenvalue weighted by atomic mass is 32.1. The van der Waals surface area contributed by atoms with E-state index in [1.54, 1.807) is 18.2 Å². The number of carbonyl (C=O) groups is 1. The van der Waals surface area contributed by atoms with E-state index >= 15 is 0 Å². The monoisotopic (exact) mass is 354 g/mol. The Labute approximate surface area is 152 Å². The summed E-state index contributed by atoms with van der Waals surface area (Å²) in [5.74, 6) is -0.856. The van der Waals surface area contributed by atoms with Gasteiger partial charge in [0.2, 0.25) is 0 Å². The van der Waals surface area contributed by atoms with Crippen LogP contribution in [0, 0.1) is 5.82 Å². The summed E-state index contributed by atoms with van der Waals surface area (Å²) in [6.07, 6.45) is 1.72. The number of benzene rings is 2. The van der Waals surface area contributed by atoms with E-state index in [9.17, 15) is 9.18 Å². The number of carbonyl (C=O) groups excluding carboxylic acids is 1. The molecule has 2 aromatic carbocycles. The van der Waals surface area contributed by atoms with Crippen molar-refractivity contribution in [2.45, 2.75) is 26.2 Å². The van der Waals surface area contributed by atoms with E-state index in [-0.39, 0.29) is 22.1 Å². The van der Waals surface area contributed by atoms with Crippen LogP contribution < -0.4 is 10.2 Å². The fourth-order valence-electron chi connectivity index (χ4n) is 2.63. The first-order valence-corrected chi connectivity index (χ1v) is 8.40. The molecule has 128 valence electrons. The van der Waals surface area contributed by atoms with Crippen LogP contribution >= 0.6 is 12.2 Å². The minimum Gasteiger partial charge on any atom is -0.327 e. The van der Waals surface area contributed by atoms with Gasteiger partial charge < -0.3 is 5.32 Å². The molecule has 1 saturated heterocycles. The second-order valence-electron chi connectivity index (χ2n) is 6.95. The van der Waals surface area contributed by atoms with E-state index in [4.69, 9.17) is 12.2 Å². The van der Waals surface area contributed by atoms with E-state index in [1.165, 1.54) is 22.6 Å². The lowest BCUT2D eigenvalue weighted by Gasteiger charge is -2.18. The van der Waals surface area contributed by atoms with Gasteiger partial charge in [-0.3, -0.25) is 4.79 Å². The Bertz CT molecular complexity index is 866. The third-order valence-corrected chi connectivity index (χ3v) is 4.34. The summed E-state index contributed by atoms with van der Waals surface area (Å²) in [5.41, 5.74) is 2.63. The molecule has 5 heteroatoms.